The van der Waals surface area contributed by atoms with Crippen molar-refractivity contribution in [3.8, 4) is 5.75 Å². The zero-order valence-electron chi connectivity index (χ0n) is 8.87. The maximum atomic E-state index is 12.5. The molecule has 0 bridgehead atoms. The van der Waals surface area contributed by atoms with Gasteiger partial charge in [-0.2, -0.15) is 0 Å². The lowest BCUT2D eigenvalue weighted by Gasteiger charge is -2.08. The third-order valence-electron chi connectivity index (χ3n) is 1.84. The van der Waals surface area contributed by atoms with E-state index >= 15 is 0 Å². The molecule has 16 heavy (non-hydrogen) atoms. The van der Waals surface area contributed by atoms with Gasteiger partial charge in [-0.25, -0.2) is 4.39 Å². The number of nitrogens with one attached hydrogen (secondary N) is 1. The second kappa shape index (κ2) is 6.33. The molecule has 88 valence electrons. The number of halogens is 2. The minimum absolute atomic E-state index is 0.232. The molecule has 3 nitrogen and oxygen atoms in total. The molecule has 5 heteroatoms. The Balaban J connectivity index is 2.21. The predicted molar refractivity (Wildman–Crippen MR) is 60.2 cm³/mol. The summed E-state index contributed by atoms with van der Waals surface area (Å²) in [5.41, 5.74) is 0. The van der Waals surface area contributed by atoms with Gasteiger partial charge in [0, 0.05) is 0 Å². The number of benzene rings is 1. The van der Waals surface area contributed by atoms with Gasteiger partial charge in [0.1, 0.15) is 23.6 Å². The summed E-state index contributed by atoms with van der Waals surface area (Å²) in [5, 5.41) is 2.04. The van der Waals surface area contributed by atoms with Gasteiger partial charge >= 0.3 is 0 Å². The predicted octanol–water partition coefficient (Wildman–Crippen LogP) is 1.95. The fourth-order valence-electron chi connectivity index (χ4n) is 1.01. The summed E-state index contributed by atoms with van der Waals surface area (Å²) in [6.07, 6.45) is 0. The van der Waals surface area contributed by atoms with Crippen molar-refractivity contribution in [1.29, 1.82) is 0 Å². The molecule has 0 aliphatic rings. The highest BCUT2D eigenvalue weighted by Crippen LogP contribution is 2.10. The smallest absolute Gasteiger partial charge is 0.237 e. The van der Waals surface area contributed by atoms with E-state index in [0.29, 0.717) is 18.9 Å². The van der Waals surface area contributed by atoms with Crippen molar-refractivity contribution in [3.05, 3.63) is 30.1 Å². The van der Waals surface area contributed by atoms with Gasteiger partial charge in [-0.05, 0) is 31.2 Å². The Hall–Kier alpha value is -1.29. The SMILES string of the molecule is CC(Cl)C(=O)NCCOc1ccc(F)cc1. The molecular weight excluding hydrogens is 233 g/mol. The summed E-state index contributed by atoms with van der Waals surface area (Å²) in [5.74, 6) is 0.0237. The fourth-order valence-corrected chi connectivity index (χ4v) is 1.09. The highest BCUT2D eigenvalue weighted by molar-refractivity contribution is 6.30. The fraction of sp³-hybridized carbons (Fsp3) is 0.364. The van der Waals surface area contributed by atoms with Crippen molar-refractivity contribution in [1.82, 2.24) is 5.32 Å². The Morgan fingerprint density at radius 1 is 1.50 bits per heavy atom. The molecule has 0 spiro atoms. The Morgan fingerprint density at radius 2 is 2.12 bits per heavy atom. The van der Waals surface area contributed by atoms with Crippen molar-refractivity contribution in [3.63, 3.8) is 0 Å². The van der Waals surface area contributed by atoms with Gasteiger partial charge in [0.2, 0.25) is 5.91 Å². The lowest BCUT2D eigenvalue weighted by Crippen LogP contribution is -2.32. The average molecular weight is 246 g/mol. The average Bonchev–Trinajstić information content (AvgIpc) is 2.26. The summed E-state index contributed by atoms with van der Waals surface area (Å²) in [6.45, 7) is 2.28. The summed E-state index contributed by atoms with van der Waals surface area (Å²) >= 11 is 5.55. The van der Waals surface area contributed by atoms with Crippen molar-refractivity contribution in [2.45, 2.75) is 12.3 Å². The molecule has 1 atom stereocenters. The molecule has 1 N–H and O–H groups in total. The Morgan fingerprint density at radius 3 is 2.69 bits per heavy atom. The third kappa shape index (κ3) is 4.49. The van der Waals surface area contributed by atoms with E-state index < -0.39 is 5.38 Å². The van der Waals surface area contributed by atoms with E-state index in [2.05, 4.69) is 5.32 Å². The zero-order valence-corrected chi connectivity index (χ0v) is 9.63. The van der Waals surface area contributed by atoms with Gasteiger partial charge in [-0.1, -0.05) is 0 Å². The van der Waals surface area contributed by atoms with Gasteiger partial charge in [-0.3, -0.25) is 4.79 Å². The summed E-state index contributed by atoms with van der Waals surface area (Å²) in [7, 11) is 0. The normalized spacial score (nSPS) is 11.9. The van der Waals surface area contributed by atoms with Crippen LogP contribution in [0.4, 0.5) is 4.39 Å². The molecule has 0 saturated heterocycles. The molecule has 1 aromatic carbocycles. The van der Waals surface area contributed by atoms with E-state index in [9.17, 15) is 9.18 Å². The van der Waals surface area contributed by atoms with Crippen LogP contribution in [0.5, 0.6) is 5.75 Å². The van der Waals surface area contributed by atoms with Gasteiger partial charge < -0.3 is 10.1 Å². The lowest BCUT2D eigenvalue weighted by molar-refractivity contribution is -0.120. The molecule has 0 aliphatic carbocycles. The number of alkyl halides is 1. The Kier molecular flexibility index (Phi) is 5.05. The van der Waals surface area contributed by atoms with Gasteiger partial charge in [-0.15, -0.1) is 11.6 Å². The number of carbonyl (C=O) groups excluding carboxylic acids is 1. The van der Waals surface area contributed by atoms with Crippen LogP contribution in [0.15, 0.2) is 24.3 Å². The second-order valence-corrected chi connectivity index (χ2v) is 3.86. The molecule has 1 aromatic rings. The molecule has 0 aromatic heterocycles. The number of amides is 1. The van der Waals surface area contributed by atoms with E-state index in [0.717, 1.165) is 0 Å². The summed E-state index contributed by atoms with van der Waals surface area (Å²) in [6, 6.07) is 5.69. The van der Waals surface area contributed by atoms with E-state index in [-0.39, 0.29) is 11.7 Å². The number of rotatable bonds is 5. The topological polar surface area (TPSA) is 38.3 Å². The highest BCUT2D eigenvalue weighted by atomic mass is 35.5. The third-order valence-corrected chi connectivity index (χ3v) is 2.04. The summed E-state index contributed by atoms with van der Waals surface area (Å²) < 4.78 is 17.8. The first-order valence-corrected chi connectivity index (χ1v) is 5.33. The monoisotopic (exact) mass is 245 g/mol. The molecule has 1 amide bonds. The number of ether oxygens (including phenoxy) is 1. The Bertz CT molecular complexity index is 340. The van der Waals surface area contributed by atoms with Crippen LogP contribution in [-0.2, 0) is 4.79 Å². The largest absolute Gasteiger partial charge is 0.492 e. The first-order valence-electron chi connectivity index (χ1n) is 4.90. The van der Waals surface area contributed by atoms with E-state index in [1.807, 2.05) is 0 Å². The first kappa shape index (κ1) is 12.8. The highest BCUT2D eigenvalue weighted by Gasteiger charge is 2.07. The minimum atomic E-state index is -0.550. The van der Waals surface area contributed by atoms with Crippen LogP contribution in [0.3, 0.4) is 0 Å². The van der Waals surface area contributed by atoms with Gasteiger partial charge in [0.05, 0.1) is 6.54 Å². The Labute approximate surface area is 98.5 Å². The molecule has 0 radical (unpaired) electrons. The molecular formula is C11H13ClFNO2. The number of carbonyl (C=O) groups is 1. The van der Waals surface area contributed by atoms with Crippen LogP contribution >= 0.6 is 11.6 Å². The molecule has 0 fully saturated rings. The summed E-state index contributed by atoms with van der Waals surface area (Å²) in [4.78, 5) is 11.1. The van der Waals surface area contributed by atoms with Crippen molar-refractivity contribution in [2.75, 3.05) is 13.2 Å². The van der Waals surface area contributed by atoms with E-state index in [4.69, 9.17) is 16.3 Å². The molecule has 1 rings (SSSR count). The molecule has 0 saturated carbocycles. The lowest BCUT2D eigenvalue weighted by atomic mass is 10.3. The molecule has 1 unspecified atom stereocenters. The maximum Gasteiger partial charge on any atom is 0.237 e. The minimum Gasteiger partial charge on any atom is -0.492 e. The molecule has 0 aliphatic heterocycles. The van der Waals surface area contributed by atoms with Crippen molar-refractivity contribution in [2.24, 2.45) is 0 Å². The van der Waals surface area contributed by atoms with Crippen LogP contribution in [0.2, 0.25) is 0 Å². The van der Waals surface area contributed by atoms with Crippen LogP contribution in [0.25, 0.3) is 0 Å². The molecule has 0 heterocycles. The standard InChI is InChI=1S/C11H13ClFNO2/c1-8(12)11(15)14-6-7-16-10-4-2-9(13)3-5-10/h2-5,8H,6-7H2,1H3,(H,14,15). The van der Waals surface area contributed by atoms with Gasteiger partial charge in [0.15, 0.2) is 0 Å². The first-order chi connectivity index (χ1) is 7.59. The van der Waals surface area contributed by atoms with Crippen LogP contribution < -0.4 is 10.1 Å². The maximum absolute atomic E-state index is 12.5. The number of hydrogen-bond donors (Lipinski definition) is 1. The van der Waals surface area contributed by atoms with Gasteiger partial charge in [0.25, 0.3) is 0 Å². The van der Waals surface area contributed by atoms with Crippen LogP contribution in [0.1, 0.15) is 6.92 Å². The van der Waals surface area contributed by atoms with Crippen LogP contribution in [0, 0.1) is 5.82 Å². The zero-order chi connectivity index (χ0) is 12.0. The van der Waals surface area contributed by atoms with Crippen LogP contribution in [-0.4, -0.2) is 24.4 Å². The van der Waals surface area contributed by atoms with E-state index in [1.54, 1.807) is 6.92 Å². The van der Waals surface area contributed by atoms with E-state index in [1.165, 1.54) is 24.3 Å². The number of hydrogen-bond acceptors (Lipinski definition) is 2. The van der Waals surface area contributed by atoms with Crippen molar-refractivity contribution >= 4 is 17.5 Å². The van der Waals surface area contributed by atoms with Crippen molar-refractivity contribution < 1.29 is 13.9 Å². The quantitative estimate of drug-likeness (QED) is 0.636. The second-order valence-electron chi connectivity index (χ2n) is 3.21.